The molecule has 0 aliphatic heterocycles. The lowest BCUT2D eigenvalue weighted by Gasteiger charge is -2.06. The smallest absolute Gasteiger partial charge is 0.320 e. The van der Waals surface area contributed by atoms with Gasteiger partial charge in [-0.1, -0.05) is 18.2 Å². The van der Waals surface area contributed by atoms with E-state index in [4.69, 9.17) is 15.3 Å². The molecule has 0 amide bonds. The quantitative estimate of drug-likeness (QED) is 0.671. The lowest BCUT2D eigenvalue weighted by Crippen LogP contribution is -2.33. The molecule has 0 aliphatic carbocycles. The summed E-state index contributed by atoms with van der Waals surface area (Å²) >= 11 is 0. The third kappa shape index (κ3) is 2.88. The van der Waals surface area contributed by atoms with Crippen LogP contribution in [0.2, 0.25) is 0 Å². The Balaban J connectivity index is 1.85. The second kappa shape index (κ2) is 5.66. The number of aliphatic carboxylic acids is 1. The molecular weight excluding hydrogens is 232 g/mol. The Kier molecular flexibility index (Phi) is 3.96. The van der Waals surface area contributed by atoms with Crippen LogP contribution in [-0.4, -0.2) is 23.7 Å². The molecule has 2 aromatic rings. The Morgan fingerprint density at radius 1 is 1.44 bits per heavy atom. The van der Waals surface area contributed by atoms with Crippen molar-refractivity contribution < 1.29 is 14.3 Å². The Morgan fingerprint density at radius 2 is 2.22 bits per heavy atom. The van der Waals surface area contributed by atoms with Gasteiger partial charge in [0.1, 0.15) is 11.6 Å². The molecule has 18 heavy (non-hydrogen) atoms. The van der Waals surface area contributed by atoms with Gasteiger partial charge in [-0.2, -0.15) is 0 Å². The van der Waals surface area contributed by atoms with Crippen LogP contribution >= 0.6 is 0 Å². The van der Waals surface area contributed by atoms with Gasteiger partial charge < -0.3 is 20.6 Å². The molecule has 5 nitrogen and oxygen atoms in total. The molecule has 0 aliphatic rings. The molecule has 1 unspecified atom stereocenters. The van der Waals surface area contributed by atoms with Crippen LogP contribution in [0.1, 0.15) is 12.0 Å². The first-order valence-electron chi connectivity index (χ1n) is 5.82. The molecule has 5 heteroatoms. The summed E-state index contributed by atoms with van der Waals surface area (Å²) in [4.78, 5) is 10.5. The number of carboxylic acid groups (broad SMARTS) is 1. The molecule has 1 atom stereocenters. The van der Waals surface area contributed by atoms with E-state index in [-0.39, 0.29) is 0 Å². The summed E-state index contributed by atoms with van der Waals surface area (Å²) in [5, 5.41) is 12.9. The maximum absolute atomic E-state index is 10.5. The highest BCUT2D eigenvalue weighted by atomic mass is 16.4. The average Bonchev–Trinajstić information content (AvgIpc) is 2.77. The van der Waals surface area contributed by atoms with Gasteiger partial charge in [0.05, 0.1) is 6.26 Å². The normalized spacial score (nSPS) is 12.7. The number of nitrogens with two attached hydrogens (primary N) is 1. The summed E-state index contributed by atoms with van der Waals surface area (Å²) in [6, 6.07) is 6.99. The largest absolute Gasteiger partial charge is 0.480 e. The topological polar surface area (TPSA) is 88.5 Å². The maximum Gasteiger partial charge on any atom is 0.320 e. The minimum atomic E-state index is -0.967. The zero-order chi connectivity index (χ0) is 13.0. The van der Waals surface area contributed by atoms with Crippen molar-refractivity contribution in [1.82, 2.24) is 5.32 Å². The van der Waals surface area contributed by atoms with Gasteiger partial charge in [0.2, 0.25) is 0 Å². The van der Waals surface area contributed by atoms with Crippen molar-refractivity contribution in [2.45, 2.75) is 19.0 Å². The molecule has 0 fully saturated rings. The van der Waals surface area contributed by atoms with Crippen molar-refractivity contribution in [3.63, 3.8) is 0 Å². The molecule has 2 rings (SSSR count). The Morgan fingerprint density at radius 3 is 3.00 bits per heavy atom. The molecule has 96 valence electrons. The number of carboxylic acids is 1. The zero-order valence-electron chi connectivity index (χ0n) is 9.93. The van der Waals surface area contributed by atoms with Crippen molar-refractivity contribution in [2.24, 2.45) is 5.73 Å². The molecule has 1 heterocycles. The molecule has 1 aromatic carbocycles. The molecule has 0 spiro atoms. The number of carbonyl (C=O) groups is 1. The first kappa shape index (κ1) is 12.6. The minimum absolute atomic E-state index is 0.408. The first-order chi connectivity index (χ1) is 8.68. The number of furan rings is 1. The highest BCUT2D eigenvalue weighted by Gasteiger charge is 2.10. The van der Waals surface area contributed by atoms with Gasteiger partial charge in [0.15, 0.2) is 0 Å². The molecule has 0 radical (unpaired) electrons. The van der Waals surface area contributed by atoms with Gasteiger partial charge in [-0.15, -0.1) is 0 Å². The second-order valence-corrected chi connectivity index (χ2v) is 4.17. The fraction of sp³-hybridized carbons (Fsp3) is 0.308. The fourth-order valence-corrected chi connectivity index (χ4v) is 1.77. The summed E-state index contributed by atoms with van der Waals surface area (Å²) in [5.41, 5.74) is 7.33. The van der Waals surface area contributed by atoms with Crippen LogP contribution < -0.4 is 11.1 Å². The van der Waals surface area contributed by atoms with Gasteiger partial charge in [-0.3, -0.25) is 4.79 Å². The van der Waals surface area contributed by atoms with Crippen LogP contribution in [0.4, 0.5) is 0 Å². The summed E-state index contributed by atoms with van der Waals surface area (Å²) in [5.74, 6) is -0.967. The lowest BCUT2D eigenvalue weighted by atomic mass is 10.1. The number of nitrogens with one attached hydrogen (secondary N) is 1. The van der Waals surface area contributed by atoms with Crippen LogP contribution in [0.15, 0.2) is 34.9 Å². The van der Waals surface area contributed by atoms with E-state index in [1.165, 1.54) is 0 Å². The number of hydrogen-bond donors (Lipinski definition) is 3. The van der Waals surface area contributed by atoms with E-state index in [1.54, 1.807) is 6.26 Å². The number of hydrogen-bond acceptors (Lipinski definition) is 4. The van der Waals surface area contributed by atoms with E-state index in [1.807, 2.05) is 24.3 Å². The van der Waals surface area contributed by atoms with E-state index in [0.29, 0.717) is 19.5 Å². The van der Waals surface area contributed by atoms with Crippen LogP contribution in [0.5, 0.6) is 0 Å². The highest BCUT2D eigenvalue weighted by molar-refractivity contribution is 5.80. The van der Waals surface area contributed by atoms with Crippen LogP contribution in [0, 0.1) is 0 Å². The monoisotopic (exact) mass is 248 g/mol. The predicted octanol–water partition coefficient (Wildman–Crippen LogP) is 1.32. The van der Waals surface area contributed by atoms with Crippen molar-refractivity contribution in [3.05, 3.63) is 36.1 Å². The van der Waals surface area contributed by atoms with Gasteiger partial charge in [0.25, 0.3) is 0 Å². The van der Waals surface area contributed by atoms with Crippen LogP contribution in [0.25, 0.3) is 11.0 Å². The van der Waals surface area contributed by atoms with E-state index in [0.717, 1.165) is 16.5 Å². The van der Waals surface area contributed by atoms with E-state index >= 15 is 0 Å². The van der Waals surface area contributed by atoms with E-state index < -0.39 is 12.0 Å². The van der Waals surface area contributed by atoms with Gasteiger partial charge in [-0.25, -0.2) is 0 Å². The molecule has 1 aromatic heterocycles. The number of para-hydroxylation sites is 1. The van der Waals surface area contributed by atoms with Crippen LogP contribution in [-0.2, 0) is 11.3 Å². The molecule has 4 N–H and O–H groups in total. The summed E-state index contributed by atoms with van der Waals surface area (Å²) < 4.78 is 5.41. The van der Waals surface area contributed by atoms with Crippen molar-refractivity contribution in [2.75, 3.05) is 6.54 Å². The molecule has 0 saturated carbocycles. The molecule has 0 bridgehead atoms. The number of benzene rings is 1. The Bertz CT molecular complexity index is 536. The fourth-order valence-electron chi connectivity index (χ4n) is 1.77. The standard InChI is InChI=1S/C13H16N2O3/c14-11(13(16)17)5-6-15-7-9-8-18-12-4-2-1-3-10(9)12/h1-4,8,11,15H,5-7,14H2,(H,16,17). The van der Waals surface area contributed by atoms with Gasteiger partial charge in [0, 0.05) is 17.5 Å². The van der Waals surface area contributed by atoms with Crippen molar-refractivity contribution in [3.8, 4) is 0 Å². The summed E-state index contributed by atoms with van der Waals surface area (Å²) in [7, 11) is 0. The van der Waals surface area contributed by atoms with Crippen molar-refractivity contribution >= 4 is 16.9 Å². The molecular formula is C13H16N2O3. The highest BCUT2D eigenvalue weighted by Crippen LogP contribution is 2.20. The average molecular weight is 248 g/mol. The first-order valence-corrected chi connectivity index (χ1v) is 5.82. The second-order valence-electron chi connectivity index (χ2n) is 4.17. The Hall–Kier alpha value is -1.85. The number of fused-ring (bicyclic) bond motifs is 1. The van der Waals surface area contributed by atoms with E-state index in [9.17, 15) is 4.79 Å². The third-order valence-electron chi connectivity index (χ3n) is 2.83. The minimum Gasteiger partial charge on any atom is -0.480 e. The third-order valence-corrected chi connectivity index (χ3v) is 2.83. The molecule has 0 saturated heterocycles. The van der Waals surface area contributed by atoms with Gasteiger partial charge in [-0.05, 0) is 19.0 Å². The maximum atomic E-state index is 10.5. The summed E-state index contributed by atoms with van der Waals surface area (Å²) in [6.45, 7) is 1.20. The summed E-state index contributed by atoms with van der Waals surface area (Å²) in [6.07, 6.45) is 2.12. The van der Waals surface area contributed by atoms with Crippen molar-refractivity contribution in [1.29, 1.82) is 0 Å². The number of rotatable bonds is 6. The Labute approximate surface area is 105 Å². The van der Waals surface area contributed by atoms with E-state index in [2.05, 4.69) is 5.32 Å². The van der Waals surface area contributed by atoms with Gasteiger partial charge >= 0.3 is 5.97 Å². The predicted molar refractivity (Wildman–Crippen MR) is 68.1 cm³/mol. The zero-order valence-corrected chi connectivity index (χ0v) is 9.93. The lowest BCUT2D eigenvalue weighted by molar-refractivity contribution is -0.138. The SMILES string of the molecule is NC(CCNCc1coc2ccccc12)C(=O)O. The van der Waals surface area contributed by atoms with Crippen LogP contribution in [0.3, 0.4) is 0 Å².